The standard InChI is InChI=1S/C94H107Cl2N11O25/c1-43(2)30-59(99-7)85(118)106-75-77(113)51-23-26-63(57(95)32-51)127-65-34-53-35-66(81(65)132-92-82(79(115)78(114)67(42-108)129-92)131-70-40-94(6,84(117)45(4)126-70)101-41-47-18-20-49(21-19-47)48-16-12-9-13-17-48)128-64-27-24-52(33-58(64)96)80(130-69-39-93(5,98)83(116)44(3)125-69)76-91(124)105-74(87(120)100-29-28-46-14-10-8-11-15-46)56-36-54(109)37-62(111)71(56)55-31-50(22-25-61(55)110)72(88(121)107-76)104-89(122)73(53)103-86(119)60(38-68(97)112)102-90(75)123/h8-27,31-37,43-45,59-60,67,69-70,72-80,82-84,92,99,101,108-111,113-117H,28-30,38-42,98H2,1-7H3,(H2,97,112)(H,100,120)(H,102,123)(H,103,119)(H,104,122)(H,105,124)(H,106,118)(H,107,121)/t44-,45-,59+,60-,67+,69-,70-,72+,73+,74-,75+,76-,77+,78+,79-,80+,82+,83-,84+,92-,93-,94-/m0/s1. The number of amides is 8. The zero-order valence-corrected chi connectivity index (χ0v) is 74.3. The number of nitrogens with one attached hydrogen (secondary N) is 9. The van der Waals surface area contributed by atoms with Crippen molar-refractivity contribution in [3.8, 4) is 68.2 Å². The van der Waals surface area contributed by atoms with Crippen molar-refractivity contribution < 1.29 is 122 Å². The molecule has 0 saturated carbocycles. The molecule has 132 heavy (non-hydrogen) atoms. The highest BCUT2D eigenvalue weighted by molar-refractivity contribution is 6.32. The van der Waals surface area contributed by atoms with E-state index in [4.69, 9.17) is 72.6 Å². The molecule has 0 radical (unpaired) electrons. The van der Waals surface area contributed by atoms with Crippen LogP contribution in [0.3, 0.4) is 0 Å². The molecule has 0 unspecified atom stereocenters. The van der Waals surface area contributed by atoms with Crippen LogP contribution in [0.25, 0.3) is 22.3 Å². The number of rotatable bonds is 22. The molecule has 22 N–H and O–H groups in total. The topological polar surface area (TPSA) is 553 Å². The van der Waals surface area contributed by atoms with Crippen molar-refractivity contribution >= 4 is 70.5 Å². The van der Waals surface area contributed by atoms with E-state index in [1.807, 2.05) is 68.4 Å². The van der Waals surface area contributed by atoms with Gasteiger partial charge in [-0.05, 0) is 158 Å². The van der Waals surface area contributed by atoms with Gasteiger partial charge in [-0.25, -0.2) is 0 Å². The van der Waals surface area contributed by atoms with E-state index in [9.17, 15) is 55.5 Å². The number of benzene rings is 8. The van der Waals surface area contributed by atoms with Crippen molar-refractivity contribution in [3.63, 3.8) is 0 Å². The Hall–Kier alpha value is -11.7. The first-order valence-electron chi connectivity index (χ1n) is 43.1. The SMILES string of the molecule is CN[C@H](CC(C)C)C(=O)N[C@H]1C(=O)N[C@@H](CC(N)=O)C(=O)N[C@H]2C(=O)N[C@H]3C(=O)N[C@H](C(=O)N[C@H](C(=O)NCCc4ccccc4)c4cc(O)cc(O)c4-c4cc3ccc4O)[C@H](O[C@H]3C[C@](C)(N)[C@@H](O)[C@H](C)O3)c3ccc(c(Cl)c3)Oc3cc2cc(c3O[C@@H]2O[C@H](CO)[C@@H](O)[C@H](O)[C@H]2O[C@H]2C[C@](C)(NCc3ccc(-c4ccccc4)cc3)[C@H](O)[C@H](C)O2)Oc2ccc(cc2Cl)[C@H]1O. The lowest BCUT2D eigenvalue weighted by Crippen LogP contribution is -2.65. The molecule has 22 atom stereocenters. The molecule has 0 aliphatic carbocycles. The molecule has 36 nitrogen and oxygen atoms in total. The number of fused-ring (bicyclic) bond motifs is 15. The van der Waals surface area contributed by atoms with Crippen molar-refractivity contribution in [2.24, 2.45) is 17.4 Å². The van der Waals surface area contributed by atoms with E-state index >= 15 is 28.8 Å². The molecule has 3 fully saturated rings. The fraction of sp³-hybridized carbons (Fsp3) is 0.404. The highest BCUT2D eigenvalue weighted by atomic mass is 35.5. The zero-order chi connectivity index (χ0) is 94.6. The maximum atomic E-state index is 16.8. The van der Waals surface area contributed by atoms with Gasteiger partial charge in [0.05, 0.1) is 53.5 Å². The summed E-state index contributed by atoms with van der Waals surface area (Å²) in [7, 11) is 1.49. The molecule has 8 amide bonds. The lowest BCUT2D eigenvalue weighted by molar-refractivity contribution is -0.334. The van der Waals surface area contributed by atoms with Crippen molar-refractivity contribution in [3.05, 3.63) is 213 Å². The summed E-state index contributed by atoms with van der Waals surface area (Å²) in [6, 6.07) is 27.2. The van der Waals surface area contributed by atoms with E-state index in [2.05, 4.69) is 47.9 Å². The molecule has 8 heterocycles. The van der Waals surface area contributed by atoms with E-state index in [0.717, 1.165) is 70.8 Å². The minimum atomic E-state index is -2.38. The first-order valence-corrected chi connectivity index (χ1v) is 43.9. The molecular formula is C94H107Cl2N11O25. The summed E-state index contributed by atoms with van der Waals surface area (Å²) >= 11 is 14.8. The van der Waals surface area contributed by atoms with Gasteiger partial charge in [0.15, 0.2) is 30.2 Å². The number of likely N-dealkylation sites (N-methyl/N-ethyl adjacent to an activating group) is 1. The predicted octanol–water partition coefficient (Wildman–Crippen LogP) is 5.12. The minimum absolute atomic E-state index is 0.0822. The summed E-state index contributed by atoms with van der Waals surface area (Å²) < 4.78 is 53.5. The number of aromatic hydroxyl groups is 3. The Bertz CT molecular complexity index is 5600. The van der Waals surface area contributed by atoms with Crippen LogP contribution in [-0.4, -0.2) is 216 Å². The second-order valence-corrected chi connectivity index (χ2v) is 35.6. The number of aliphatic hydroxyl groups is 6. The zero-order valence-electron chi connectivity index (χ0n) is 72.8. The smallest absolute Gasteiger partial charge is 0.248 e. The number of phenols is 3. The molecule has 702 valence electrons. The van der Waals surface area contributed by atoms with Gasteiger partial charge in [0.1, 0.15) is 95.5 Å². The van der Waals surface area contributed by atoms with E-state index in [1.54, 1.807) is 44.2 Å². The van der Waals surface area contributed by atoms with Crippen molar-refractivity contribution in [1.29, 1.82) is 0 Å². The summed E-state index contributed by atoms with van der Waals surface area (Å²) in [5.74, 6) is -14.7. The molecule has 8 aromatic carbocycles. The van der Waals surface area contributed by atoms with Crippen LogP contribution in [0.2, 0.25) is 10.0 Å². The van der Waals surface area contributed by atoms with Crippen molar-refractivity contribution in [2.75, 3.05) is 20.2 Å². The average molecular weight is 1860 g/mol. The van der Waals surface area contributed by atoms with Crippen LogP contribution >= 0.6 is 23.2 Å². The Kier molecular flexibility index (Phi) is 29.8. The highest BCUT2D eigenvalue weighted by Gasteiger charge is 2.53. The average Bonchev–Trinajstić information content (AvgIpc) is 0.758. The fourth-order valence-corrected chi connectivity index (χ4v) is 17.7. The number of hydrogen-bond donors (Lipinski definition) is 20. The van der Waals surface area contributed by atoms with Gasteiger partial charge in [-0.3, -0.25) is 38.4 Å². The van der Waals surface area contributed by atoms with Crippen LogP contribution in [0.1, 0.15) is 137 Å². The lowest BCUT2D eigenvalue weighted by Gasteiger charge is -2.48. The molecule has 0 spiro atoms. The minimum Gasteiger partial charge on any atom is -0.508 e. The van der Waals surface area contributed by atoms with E-state index < -0.39 is 250 Å². The van der Waals surface area contributed by atoms with Crippen LogP contribution in [0.15, 0.2) is 164 Å². The van der Waals surface area contributed by atoms with Crippen molar-refractivity contribution in [1.82, 2.24) is 47.9 Å². The third-order valence-corrected chi connectivity index (χ3v) is 25.0. The number of carbonyl (C=O) groups excluding carboxylic acids is 8. The number of ether oxygens (including phenoxy) is 8. The summed E-state index contributed by atoms with van der Waals surface area (Å²) in [5, 5.41) is 131. The normalized spacial score (nSPS) is 28.7. The Morgan fingerprint density at radius 1 is 0.614 bits per heavy atom. The number of halogens is 2. The quantitative estimate of drug-likeness (QED) is 0.0419. The lowest BCUT2D eigenvalue weighted by atomic mass is 9.84. The third kappa shape index (κ3) is 21.5. The molecular weight excluding hydrogens is 1750 g/mol. The molecule has 3 saturated heterocycles. The van der Waals surface area contributed by atoms with Gasteiger partial charge in [-0.15, -0.1) is 0 Å². The van der Waals surface area contributed by atoms with Crippen molar-refractivity contribution in [2.45, 2.75) is 213 Å². The van der Waals surface area contributed by atoms with Gasteiger partial charge < -0.3 is 143 Å². The molecule has 0 aromatic heterocycles. The Balaban J connectivity index is 0.969. The Morgan fingerprint density at radius 2 is 1.22 bits per heavy atom. The first kappa shape index (κ1) is 96.4. The van der Waals surface area contributed by atoms with Gasteiger partial charge in [-0.2, -0.15) is 0 Å². The van der Waals surface area contributed by atoms with Crippen LogP contribution in [-0.2, 0) is 75.0 Å². The van der Waals surface area contributed by atoms with Gasteiger partial charge in [0, 0.05) is 54.2 Å². The van der Waals surface area contributed by atoms with Gasteiger partial charge in [0.25, 0.3) is 0 Å². The van der Waals surface area contributed by atoms with Crippen LogP contribution in [0, 0.1) is 5.92 Å². The number of carbonyl (C=O) groups is 8. The molecule has 38 heteroatoms. The van der Waals surface area contributed by atoms with Gasteiger partial charge >= 0.3 is 0 Å². The summed E-state index contributed by atoms with van der Waals surface area (Å²) in [5.41, 5.74) is 11.3. The predicted molar refractivity (Wildman–Crippen MR) is 476 cm³/mol. The fourth-order valence-electron chi connectivity index (χ4n) is 17.2. The van der Waals surface area contributed by atoms with Crippen LogP contribution < -0.4 is 73.5 Å². The highest BCUT2D eigenvalue weighted by Crippen LogP contribution is 2.51. The largest absolute Gasteiger partial charge is 0.508 e. The second kappa shape index (κ2) is 40.8. The maximum absolute atomic E-state index is 16.8. The second-order valence-electron chi connectivity index (χ2n) is 34.8. The summed E-state index contributed by atoms with van der Waals surface area (Å²) in [6.07, 6.45) is -22.5. The molecule has 8 aliphatic rings. The molecule has 16 rings (SSSR count). The maximum Gasteiger partial charge on any atom is 0.248 e. The number of aliphatic hydroxyl groups excluding tert-OH is 6. The number of primary amides is 1. The first-order chi connectivity index (χ1) is 62.9. The van der Waals surface area contributed by atoms with Gasteiger partial charge in [-0.1, -0.05) is 140 Å². The molecule has 8 aliphatic heterocycles. The van der Waals surface area contributed by atoms with Gasteiger partial charge in [0.2, 0.25) is 59.3 Å². The molecule has 11 bridgehead atoms. The molecule has 8 aromatic rings. The number of hydrogen-bond acceptors (Lipinski definition) is 28. The number of phenolic OH excluding ortho intramolecular Hbond substituents is 3. The van der Waals surface area contributed by atoms with E-state index in [1.165, 1.54) is 51.2 Å². The van der Waals surface area contributed by atoms with E-state index in [-0.39, 0.29) is 83.5 Å². The summed E-state index contributed by atoms with van der Waals surface area (Å²) in [6.45, 7) is 9.14. The Labute approximate surface area is 768 Å². The number of nitrogens with two attached hydrogens (primary N) is 2. The van der Waals surface area contributed by atoms with Crippen LogP contribution in [0.5, 0.6) is 46.0 Å². The summed E-state index contributed by atoms with van der Waals surface area (Å²) in [4.78, 5) is 124. The van der Waals surface area contributed by atoms with E-state index in [0.29, 0.717) is 0 Å². The monoisotopic (exact) mass is 1860 g/mol. The Morgan fingerprint density at radius 3 is 1.86 bits per heavy atom. The van der Waals surface area contributed by atoms with Crippen LogP contribution in [0.4, 0.5) is 0 Å². The third-order valence-electron chi connectivity index (χ3n) is 24.4.